The van der Waals surface area contributed by atoms with Gasteiger partial charge in [-0.25, -0.2) is 9.97 Å². The molecule has 1 heterocycles. The van der Waals surface area contributed by atoms with Crippen molar-refractivity contribution < 1.29 is 0 Å². The average molecular weight is 248 g/mol. The molecule has 0 spiro atoms. The van der Waals surface area contributed by atoms with Crippen molar-refractivity contribution in [3.8, 4) is 0 Å². The topological polar surface area (TPSA) is 49.8 Å². The first-order valence-electron chi connectivity index (χ1n) is 7.09. The molecule has 0 aromatic carbocycles. The molecule has 1 fully saturated rings. The second kappa shape index (κ2) is 6.03. The number of rotatable bonds is 5. The highest BCUT2D eigenvalue weighted by atomic mass is 15.1. The van der Waals surface area contributed by atoms with E-state index < -0.39 is 0 Å². The Labute approximate surface area is 110 Å². The van der Waals surface area contributed by atoms with Crippen LogP contribution < -0.4 is 10.6 Å². The lowest BCUT2D eigenvalue weighted by Crippen LogP contribution is -2.17. The first-order chi connectivity index (χ1) is 8.71. The Bertz CT molecular complexity index is 391. The maximum Gasteiger partial charge on any atom is 0.132 e. The molecule has 100 valence electrons. The zero-order valence-corrected chi connectivity index (χ0v) is 11.7. The van der Waals surface area contributed by atoms with E-state index in [4.69, 9.17) is 0 Å². The van der Waals surface area contributed by atoms with Crippen LogP contribution in [0.4, 0.5) is 11.6 Å². The lowest BCUT2D eigenvalue weighted by atomic mass is 10.1. The van der Waals surface area contributed by atoms with Crippen LogP contribution in [-0.4, -0.2) is 22.6 Å². The van der Waals surface area contributed by atoms with E-state index in [0.29, 0.717) is 6.04 Å². The number of nitrogens with one attached hydrogen (secondary N) is 2. The average Bonchev–Trinajstić information content (AvgIpc) is 2.75. The van der Waals surface area contributed by atoms with Gasteiger partial charge in [-0.1, -0.05) is 13.8 Å². The molecule has 1 aliphatic rings. The first kappa shape index (κ1) is 13.1. The molecule has 2 N–H and O–H groups in total. The number of hydrogen-bond acceptors (Lipinski definition) is 4. The van der Waals surface area contributed by atoms with Crippen molar-refractivity contribution in [1.29, 1.82) is 0 Å². The van der Waals surface area contributed by atoms with Crippen molar-refractivity contribution >= 4 is 11.6 Å². The quantitative estimate of drug-likeness (QED) is 0.841. The molecule has 0 saturated heterocycles. The molecular formula is C14H24N4. The predicted molar refractivity (Wildman–Crippen MR) is 76.0 cm³/mol. The summed E-state index contributed by atoms with van der Waals surface area (Å²) < 4.78 is 0. The Balaban J connectivity index is 2.08. The Hall–Kier alpha value is -1.32. The molecule has 18 heavy (non-hydrogen) atoms. The van der Waals surface area contributed by atoms with Gasteiger partial charge in [0.25, 0.3) is 0 Å². The van der Waals surface area contributed by atoms with Crippen LogP contribution in [0.5, 0.6) is 0 Å². The van der Waals surface area contributed by atoms with Gasteiger partial charge in [-0.2, -0.15) is 0 Å². The smallest absolute Gasteiger partial charge is 0.132 e. The number of aryl methyl sites for hydroxylation is 1. The summed E-state index contributed by atoms with van der Waals surface area (Å²) in [5.74, 6) is 3.64. The lowest BCUT2D eigenvalue weighted by molar-refractivity contribution is 0.602. The summed E-state index contributed by atoms with van der Waals surface area (Å²) in [7, 11) is 0. The largest absolute Gasteiger partial charge is 0.370 e. The Kier molecular flexibility index (Phi) is 4.39. The zero-order chi connectivity index (χ0) is 13.0. The molecule has 0 aliphatic heterocycles. The molecule has 0 radical (unpaired) electrons. The summed E-state index contributed by atoms with van der Waals surface area (Å²) in [6, 6.07) is 2.60. The van der Waals surface area contributed by atoms with Crippen molar-refractivity contribution in [2.24, 2.45) is 5.92 Å². The van der Waals surface area contributed by atoms with Gasteiger partial charge in [0.1, 0.15) is 17.5 Å². The van der Waals surface area contributed by atoms with Crippen LogP contribution in [0, 0.1) is 5.92 Å². The summed E-state index contributed by atoms with van der Waals surface area (Å²) in [5, 5.41) is 6.82. The maximum atomic E-state index is 4.56. The van der Waals surface area contributed by atoms with Gasteiger partial charge in [0.2, 0.25) is 0 Å². The highest BCUT2D eigenvalue weighted by molar-refractivity contribution is 5.48. The summed E-state index contributed by atoms with van der Waals surface area (Å²) in [6.45, 7) is 7.38. The van der Waals surface area contributed by atoms with Crippen molar-refractivity contribution in [2.45, 2.75) is 52.5 Å². The molecule has 4 nitrogen and oxygen atoms in total. The van der Waals surface area contributed by atoms with E-state index >= 15 is 0 Å². The van der Waals surface area contributed by atoms with Crippen LogP contribution in [0.1, 0.15) is 45.9 Å². The minimum Gasteiger partial charge on any atom is -0.370 e. The van der Waals surface area contributed by atoms with Gasteiger partial charge in [0.05, 0.1) is 0 Å². The summed E-state index contributed by atoms with van der Waals surface area (Å²) in [4.78, 5) is 9.03. The monoisotopic (exact) mass is 248 g/mol. The van der Waals surface area contributed by atoms with Crippen LogP contribution in [0.25, 0.3) is 0 Å². The SMILES string of the molecule is CCNc1cc(NC2CCC(C)C2)nc(CC)n1. The van der Waals surface area contributed by atoms with Gasteiger partial charge in [0, 0.05) is 25.1 Å². The van der Waals surface area contributed by atoms with Crippen LogP contribution in [0.15, 0.2) is 6.07 Å². The van der Waals surface area contributed by atoms with Gasteiger partial charge < -0.3 is 10.6 Å². The van der Waals surface area contributed by atoms with E-state index in [-0.39, 0.29) is 0 Å². The minimum absolute atomic E-state index is 0.578. The molecule has 2 atom stereocenters. The van der Waals surface area contributed by atoms with Crippen LogP contribution in [0.3, 0.4) is 0 Å². The fourth-order valence-electron chi connectivity index (χ4n) is 2.55. The predicted octanol–water partition coefficient (Wildman–Crippen LogP) is 3.07. The second-order valence-electron chi connectivity index (χ2n) is 5.20. The number of hydrogen-bond donors (Lipinski definition) is 2. The normalized spacial score (nSPS) is 23.1. The van der Waals surface area contributed by atoms with Gasteiger partial charge in [0.15, 0.2) is 0 Å². The zero-order valence-electron chi connectivity index (χ0n) is 11.7. The third-order valence-corrected chi connectivity index (χ3v) is 3.49. The van der Waals surface area contributed by atoms with Crippen molar-refractivity contribution in [3.05, 3.63) is 11.9 Å². The van der Waals surface area contributed by atoms with Gasteiger partial charge in [-0.3, -0.25) is 0 Å². The third-order valence-electron chi connectivity index (χ3n) is 3.49. The Morgan fingerprint density at radius 2 is 2.00 bits per heavy atom. The van der Waals surface area contributed by atoms with E-state index in [1.165, 1.54) is 19.3 Å². The molecule has 2 rings (SSSR count). The first-order valence-corrected chi connectivity index (χ1v) is 7.09. The molecule has 1 aliphatic carbocycles. The maximum absolute atomic E-state index is 4.56. The van der Waals surface area contributed by atoms with Crippen molar-refractivity contribution in [3.63, 3.8) is 0 Å². The van der Waals surface area contributed by atoms with E-state index in [0.717, 1.165) is 36.3 Å². The summed E-state index contributed by atoms with van der Waals surface area (Å²) in [5.41, 5.74) is 0. The van der Waals surface area contributed by atoms with E-state index in [2.05, 4.69) is 41.4 Å². The van der Waals surface area contributed by atoms with Crippen molar-refractivity contribution in [2.75, 3.05) is 17.2 Å². The van der Waals surface area contributed by atoms with E-state index in [1.807, 2.05) is 6.07 Å². The molecule has 0 bridgehead atoms. The highest BCUT2D eigenvalue weighted by Crippen LogP contribution is 2.27. The molecule has 1 aromatic heterocycles. The van der Waals surface area contributed by atoms with E-state index in [1.54, 1.807) is 0 Å². The van der Waals surface area contributed by atoms with Gasteiger partial charge >= 0.3 is 0 Å². The van der Waals surface area contributed by atoms with Crippen LogP contribution in [0.2, 0.25) is 0 Å². The highest BCUT2D eigenvalue weighted by Gasteiger charge is 2.21. The molecule has 4 heteroatoms. The Morgan fingerprint density at radius 1 is 1.22 bits per heavy atom. The van der Waals surface area contributed by atoms with Gasteiger partial charge in [-0.05, 0) is 32.1 Å². The molecule has 2 unspecified atom stereocenters. The summed E-state index contributed by atoms with van der Waals surface area (Å²) >= 11 is 0. The number of aromatic nitrogens is 2. The minimum atomic E-state index is 0.578. The molecule has 1 saturated carbocycles. The third kappa shape index (κ3) is 3.34. The van der Waals surface area contributed by atoms with Crippen LogP contribution >= 0.6 is 0 Å². The van der Waals surface area contributed by atoms with E-state index in [9.17, 15) is 0 Å². The van der Waals surface area contributed by atoms with Crippen LogP contribution in [-0.2, 0) is 6.42 Å². The summed E-state index contributed by atoms with van der Waals surface area (Å²) in [6.07, 6.45) is 4.70. The molecule has 0 amide bonds. The lowest BCUT2D eigenvalue weighted by Gasteiger charge is -2.15. The molecule has 1 aromatic rings. The fraction of sp³-hybridized carbons (Fsp3) is 0.714. The number of nitrogens with zero attached hydrogens (tertiary/aromatic N) is 2. The van der Waals surface area contributed by atoms with Gasteiger partial charge in [-0.15, -0.1) is 0 Å². The Morgan fingerprint density at radius 3 is 2.61 bits per heavy atom. The fourth-order valence-corrected chi connectivity index (χ4v) is 2.55. The molecular weight excluding hydrogens is 224 g/mol. The van der Waals surface area contributed by atoms with Crippen molar-refractivity contribution in [1.82, 2.24) is 9.97 Å². The number of anilines is 2. The second-order valence-corrected chi connectivity index (χ2v) is 5.20. The standard InChI is InChI=1S/C14H24N4/c1-4-12-17-13(15-5-2)9-14(18-12)16-11-7-6-10(3)8-11/h9-11H,4-8H2,1-3H3,(H2,15,16,17,18).